The number of rotatable bonds is 2. The summed E-state index contributed by atoms with van der Waals surface area (Å²) in [5.41, 5.74) is 3.84. The number of aromatic nitrogens is 3. The van der Waals surface area contributed by atoms with Crippen LogP contribution in [0.15, 0.2) is 35.0 Å². The van der Waals surface area contributed by atoms with E-state index in [-0.39, 0.29) is 5.91 Å². The molecule has 0 radical (unpaired) electrons. The molecule has 7 heteroatoms. The zero-order valence-electron chi connectivity index (χ0n) is 14.3. The number of amides is 1. The molecule has 0 aromatic carbocycles. The maximum Gasteiger partial charge on any atom is 0.300 e. The maximum absolute atomic E-state index is 12.6. The quantitative estimate of drug-likeness (QED) is 0.713. The van der Waals surface area contributed by atoms with E-state index in [1.807, 2.05) is 36.9 Å². The van der Waals surface area contributed by atoms with Crippen LogP contribution in [0.3, 0.4) is 0 Å². The molecule has 0 saturated carbocycles. The van der Waals surface area contributed by atoms with Crippen molar-refractivity contribution in [1.29, 1.82) is 0 Å². The van der Waals surface area contributed by atoms with Gasteiger partial charge in [0, 0.05) is 44.3 Å². The molecule has 25 heavy (non-hydrogen) atoms. The fourth-order valence-corrected chi connectivity index (χ4v) is 2.99. The molecule has 1 amide bonds. The van der Waals surface area contributed by atoms with Crippen LogP contribution in [0.25, 0.3) is 11.2 Å². The van der Waals surface area contributed by atoms with Gasteiger partial charge in [-0.1, -0.05) is 0 Å². The molecule has 128 valence electrons. The van der Waals surface area contributed by atoms with Gasteiger partial charge in [0.25, 0.3) is 11.9 Å². The number of fused-ring (bicyclic) bond motifs is 1. The summed E-state index contributed by atoms with van der Waals surface area (Å²) < 4.78 is 5.80. The van der Waals surface area contributed by atoms with Crippen LogP contribution < -0.4 is 4.90 Å². The van der Waals surface area contributed by atoms with Gasteiger partial charge in [-0.15, -0.1) is 0 Å². The molecule has 7 nitrogen and oxygen atoms in total. The molecule has 0 N–H and O–H groups in total. The van der Waals surface area contributed by atoms with Gasteiger partial charge in [-0.2, -0.15) is 4.98 Å². The van der Waals surface area contributed by atoms with E-state index < -0.39 is 0 Å². The van der Waals surface area contributed by atoms with Crippen molar-refractivity contribution in [3.63, 3.8) is 0 Å². The van der Waals surface area contributed by atoms with Crippen molar-refractivity contribution in [2.75, 3.05) is 31.1 Å². The zero-order chi connectivity index (χ0) is 17.4. The second-order valence-corrected chi connectivity index (χ2v) is 6.30. The number of hydrogen-bond acceptors (Lipinski definition) is 6. The lowest BCUT2D eigenvalue weighted by Crippen LogP contribution is -2.49. The third-order valence-electron chi connectivity index (χ3n) is 4.34. The number of hydrogen-bond donors (Lipinski definition) is 0. The molecule has 1 aliphatic rings. The molecule has 4 heterocycles. The van der Waals surface area contributed by atoms with Crippen molar-refractivity contribution >= 4 is 23.2 Å². The van der Waals surface area contributed by atoms with Gasteiger partial charge in [-0.25, -0.2) is 4.98 Å². The average molecular weight is 337 g/mol. The Hall–Kier alpha value is -2.96. The molecule has 0 aliphatic carbocycles. The number of anilines is 1. The Morgan fingerprint density at radius 1 is 1.08 bits per heavy atom. The lowest BCUT2D eigenvalue weighted by molar-refractivity contribution is 0.0744. The largest absolute Gasteiger partial charge is 0.422 e. The smallest absolute Gasteiger partial charge is 0.300 e. The van der Waals surface area contributed by atoms with E-state index >= 15 is 0 Å². The van der Waals surface area contributed by atoms with Gasteiger partial charge in [-0.05, 0) is 37.6 Å². The molecule has 3 aromatic rings. The first-order valence-electron chi connectivity index (χ1n) is 8.30. The molecule has 4 rings (SSSR count). The van der Waals surface area contributed by atoms with E-state index in [4.69, 9.17) is 4.42 Å². The van der Waals surface area contributed by atoms with Gasteiger partial charge in [0.15, 0.2) is 5.58 Å². The van der Waals surface area contributed by atoms with Crippen LogP contribution in [-0.2, 0) is 0 Å². The highest BCUT2D eigenvalue weighted by Gasteiger charge is 2.25. The first-order valence-corrected chi connectivity index (χ1v) is 8.30. The topological polar surface area (TPSA) is 75.4 Å². The van der Waals surface area contributed by atoms with E-state index in [9.17, 15) is 4.79 Å². The van der Waals surface area contributed by atoms with Crippen molar-refractivity contribution in [2.24, 2.45) is 0 Å². The Morgan fingerprint density at radius 3 is 2.64 bits per heavy atom. The van der Waals surface area contributed by atoms with E-state index in [0.717, 1.165) is 11.3 Å². The number of nitrogens with zero attached hydrogens (tertiary/aromatic N) is 5. The number of oxazole rings is 1. The van der Waals surface area contributed by atoms with Crippen molar-refractivity contribution in [1.82, 2.24) is 19.9 Å². The number of piperazine rings is 1. The average Bonchev–Trinajstić information content (AvgIpc) is 3.04. The minimum absolute atomic E-state index is 0.0192. The third-order valence-corrected chi connectivity index (χ3v) is 4.34. The van der Waals surface area contributed by atoms with E-state index in [0.29, 0.717) is 49.0 Å². The fraction of sp³-hybridized carbons (Fsp3) is 0.333. The van der Waals surface area contributed by atoms with Crippen LogP contribution in [-0.4, -0.2) is 51.9 Å². The molecular weight excluding hydrogens is 318 g/mol. The number of carbonyl (C=O) groups excluding carboxylic acids is 1. The minimum Gasteiger partial charge on any atom is -0.422 e. The first kappa shape index (κ1) is 15.6. The molecule has 1 saturated heterocycles. The van der Waals surface area contributed by atoms with Gasteiger partial charge in [0.05, 0.1) is 5.56 Å². The number of carbonyl (C=O) groups is 1. The highest BCUT2D eigenvalue weighted by molar-refractivity contribution is 5.94. The van der Waals surface area contributed by atoms with Gasteiger partial charge >= 0.3 is 0 Å². The summed E-state index contributed by atoms with van der Waals surface area (Å²) in [6.07, 6.45) is 3.37. The summed E-state index contributed by atoms with van der Waals surface area (Å²) in [6, 6.07) is 6.23. The predicted octanol–water partition coefficient (Wildman–Crippen LogP) is 2.20. The molecule has 0 bridgehead atoms. The summed E-state index contributed by atoms with van der Waals surface area (Å²) in [6.45, 7) is 6.46. The van der Waals surface area contributed by atoms with Crippen LogP contribution >= 0.6 is 0 Å². The van der Waals surface area contributed by atoms with Crippen LogP contribution in [0.2, 0.25) is 0 Å². The lowest BCUT2D eigenvalue weighted by atomic mass is 10.2. The summed E-state index contributed by atoms with van der Waals surface area (Å²) >= 11 is 0. The SMILES string of the molecule is Cc1cncc(C(=O)N2CCN(c3nc4nc(C)ccc4o3)CC2)c1. The minimum atomic E-state index is 0.0192. The second-order valence-electron chi connectivity index (χ2n) is 6.30. The Bertz CT molecular complexity index is 928. The van der Waals surface area contributed by atoms with Crippen LogP contribution in [0, 0.1) is 13.8 Å². The molecule has 3 aromatic heterocycles. The van der Waals surface area contributed by atoms with Gasteiger partial charge in [0.2, 0.25) is 5.65 Å². The third kappa shape index (κ3) is 3.05. The van der Waals surface area contributed by atoms with Crippen LogP contribution in [0.1, 0.15) is 21.6 Å². The Labute approximate surface area is 145 Å². The maximum atomic E-state index is 12.6. The highest BCUT2D eigenvalue weighted by Crippen LogP contribution is 2.22. The Kier molecular flexibility index (Phi) is 3.83. The van der Waals surface area contributed by atoms with Crippen molar-refractivity contribution < 1.29 is 9.21 Å². The summed E-state index contributed by atoms with van der Waals surface area (Å²) in [4.78, 5) is 29.4. The summed E-state index contributed by atoms with van der Waals surface area (Å²) in [5.74, 6) is 0.0192. The zero-order valence-corrected chi connectivity index (χ0v) is 14.3. The van der Waals surface area contributed by atoms with Gasteiger partial charge < -0.3 is 14.2 Å². The lowest BCUT2D eigenvalue weighted by Gasteiger charge is -2.33. The van der Waals surface area contributed by atoms with Crippen LogP contribution in [0.4, 0.5) is 6.01 Å². The molecule has 0 spiro atoms. The predicted molar refractivity (Wildman–Crippen MR) is 93.6 cm³/mol. The van der Waals surface area contributed by atoms with Crippen molar-refractivity contribution in [2.45, 2.75) is 13.8 Å². The van der Waals surface area contributed by atoms with E-state index in [2.05, 4.69) is 19.9 Å². The molecule has 0 unspecified atom stereocenters. The van der Waals surface area contributed by atoms with E-state index in [1.165, 1.54) is 0 Å². The van der Waals surface area contributed by atoms with Gasteiger partial charge in [-0.3, -0.25) is 9.78 Å². The van der Waals surface area contributed by atoms with Crippen molar-refractivity contribution in [3.8, 4) is 0 Å². The first-order chi connectivity index (χ1) is 12.1. The number of aryl methyl sites for hydroxylation is 2. The molecular formula is C18H19N5O2. The summed E-state index contributed by atoms with van der Waals surface area (Å²) in [5, 5.41) is 0. The molecule has 1 fully saturated rings. The Balaban J connectivity index is 1.46. The Morgan fingerprint density at radius 2 is 1.88 bits per heavy atom. The fourth-order valence-electron chi connectivity index (χ4n) is 2.99. The standard InChI is InChI=1S/C18H19N5O2/c1-12-9-14(11-19-10-12)17(24)22-5-7-23(8-6-22)18-21-16-15(25-18)4-3-13(2)20-16/h3-4,9-11H,5-8H2,1-2H3. The summed E-state index contributed by atoms with van der Waals surface area (Å²) in [7, 11) is 0. The van der Waals surface area contributed by atoms with E-state index in [1.54, 1.807) is 12.4 Å². The van der Waals surface area contributed by atoms with Gasteiger partial charge in [0.1, 0.15) is 0 Å². The molecule has 1 aliphatic heterocycles. The normalized spacial score (nSPS) is 15.0. The van der Waals surface area contributed by atoms with Crippen LogP contribution in [0.5, 0.6) is 0 Å². The second kappa shape index (κ2) is 6.16. The number of pyridine rings is 2. The van der Waals surface area contributed by atoms with Crippen molar-refractivity contribution in [3.05, 3.63) is 47.4 Å². The molecule has 0 atom stereocenters. The monoisotopic (exact) mass is 337 g/mol. The highest BCUT2D eigenvalue weighted by atomic mass is 16.4.